The zero-order valence-electron chi connectivity index (χ0n) is 13.5. The lowest BCUT2D eigenvalue weighted by atomic mass is 9.91. The van der Waals surface area contributed by atoms with Gasteiger partial charge in [-0.15, -0.1) is 11.3 Å². The first-order chi connectivity index (χ1) is 11.7. The Morgan fingerprint density at radius 3 is 2.71 bits per heavy atom. The van der Waals surface area contributed by atoms with Gasteiger partial charge in [0.2, 0.25) is 0 Å². The number of nitrogens with two attached hydrogens (primary N) is 1. The first-order valence-electron chi connectivity index (χ1n) is 8.38. The summed E-state index contributed by atoms with van der Waals surface area (Å²) in [6, 6.07) is 6.33. The molecule has 0 aliphatic heterocycles. The van der Waals surface area contributed by atoms with Crippen molar-refractivity contribution < 1.29 is 9.18 Å². The highest BCUT2D eigenvalue weighted by molar-refractivity contribution is 7.09. The van der Waals surface area contributed by atoms with Gasteiger partial charge in [-0.2, -0.15) is 0 Å². The molecule has 1 saturated carbocycles. The Morgan fingerprint density at radius 2 is 2.04 bits per heavy atom. The lowest BCUT2D eigenvalue weighted by molar-refractivity contribution is 0.0917. The number of nitrogens with one attached hydrogen (secondary N) is 1. The Morgan fingerprint density at radius 1 is 1.33 bits per heavy atom. The van der Waals surface area contributed by atoms with Crippen LogP contribution in [0.5, 0.6) is 0 Å². The monoisotopic (exact) mass is 347 g/mol. The van der Waals surface area contributed by atoms with Crippen molar-refractivity contribution in [3.63, 3.8) is 0 Å². The van der Waals surface area contributed by atoms with Crippen LogP contribution in [0.25, 0.3) is 0 Å². The fourth-order valence-electron chi connectivity index (χ4n) is 3.30. The van der Waals surface area contributed by atoms with E-state index in [0.29, 0.717) is 24.6 Å². The molecule has 0 bridgehead atoms. The Bertz CT molecular complexity index is 680. The molecule has 1 aromatic carbocycles. The number of carbonyl (C=O) groups is 1. The summed E-state index contributed by atoms with van der Waals surface area (Å²) in [5.74, 6) is -0.0431. The van der Waals surface area contributed by atoms with Crippen LogP contribution < -0.4 is 11.1 Å². The van der Waals surface area contributed by atoms with Gasteiger partial charge in [-0.25, -0.2) is 9.37 Å². The highest BCUT2D eigenvalue weighted by Crippen LogP contribution is 2.36. The van der Waals surface area contributed by atoms with Gasteiger partial charge in [0.05, 0.1) is 11.0 Å². The summed E-state index contributed by atoms with van der Waals surface area (Å²) in [7, 11) is 0. The molecule has 0 radical (unpaired) electrons. The minimum Gasteiger partial charge on any atom is -0.344 e. The fourth-order valence-corrected chi connectivity index (χ4v) is 4.10. The molecule has 1 fully saturated rings. The van der Waals surface area contributed by atoms with Crippen molar-refractivity contribution in [2.45, 2.75) is 38.1 Å². The van der Waals surface area contributed by atoms with Gasteiger partial charge in [-0.05, 0) is 43.0 Å². The van der Waals surface area contributed by atoms with E-state index in [9.17, 15) is 9.18 Å². The van der Waals surface area contributed by atoms with Gasteiger partial charge >= 0.3 is 0 Å². The number of halogens is 1. The third-order valence-electron chi connectivity index (χ3n) is 4.53. The third kappa shape index (κ3) is 3.99. The van der Waals surface area contributed by atoms with Gasteiger partial charge in [0.15, 0.2) is 0 Å². The van der Waals surface area contributed by atoms with E-state index >= 15 is 0 Å². The SMILES string of the molecule is NCCc1nc(C(=O)NC(c2ccc(F)cc2)C2CCCC2)cs1. The van der Waals surface area contributed by atoms with Gasteiger partial charge < -0.3 is 11.1 Å². The van der Waals surface area contributed by atoms with Crippen LogP contribution in [-0.2, 0) is 6.42 Å². The summed E-state index contributed by atoms with van der Waals surface area (Å²) in [5, 5.41) is 5.77. The number of nitrogens with zero attached hydrogens (tertiary/aromatic N) is 1. The average Bonchev–Trinajstić information content (AvgIpc) is 3.25. The Kier molecular flexibility index (Phi) is 5.58. The zero-order valence-corrected chi connectivity index (χ0v) is 14.3. The Balaban J connectivity index is 1.77. The van der Waals surface area contributed by atoms with Crippen LogP contribution in [0.15, 0.2) is 29.6 Å². The van der Waals surface area contributed by atoms with Crippen molar-refractivity contribution in [1.82, 2.24) is 10.3 Å². The summed E-state index contributed by atoms with van der Waals surface area (Å²) < 4.78 is 13.2. The molecule has 6 heteroatoms. The highest BCUT2D eigenvalue weighted by Gasteiger charge is 2.28. The number of hydrogen-bond donors (Lipinski definition) is 2. The van der Waals surface area contributed by atoms with E-state index in [-0.39, 0.29) is 17.8 Å². The summed E-state index contributed by atoms with van der Waals surface area (Å²) in [6.07, 6.45) is 5.20. The van der Waals surface area contributed by atoms with Crippen LogP contribution in [0, 0.1) is 11.7 Å². The molecule has 3 rings (SSSR count). The van der Waals surface area contributed by atoms with Gasteiger partial charge in [0.1, 0.15) is 11.5 Å². The smallest absolute Gasteiger partial charge is 0.271 e. The van der Waals surface area contributed by atoms with Gasteiger partial charge in [0.25, 0.3) is 5.91 Å². The molecule has 1 amide bonds. The Labute approximate surface area is 145 Å². The normalized spacial score (nSPS) is 16.2. The average molecular weight is 347 g/mol. The molecular formula is C18H22FN3OS. The van der Waals surface area contributed by atoms with E-state index in [2.05, 4.69) is 10.3 Å². The lowest BCUT2D eigenvalue weighted by Gasteiger charge is -2.25. The van der Waals surface area contributed by atoms with E-state index in [1.54, 1.807) is 17.5 Å². The van der Waals surface area contributed by atoms with Gasteiger partial charge in [-0.1, -0.05) is 25.0 Å². The number of hydrogen-bond acceptors (Lipinski definition) is 4. The minimum absolute atomic E-state index is 0.0970. The quantitative estimate of drug-likeness (QED) is 0.841. The van der Waals surface area contributed by atoms with Crippen LogP contribution >= 0.6 is 11.3 Å². The Hall–Kier alpha value is -1.79. The molecule has 4 nitrogen and oxygen atoms in total. The molecule has 1 aromatic heterocycles. The summed E-state index contributed by atoms with van der Waals surface area (Å²) in [5.41, 5.74) is 6.92. The van der Waals surface area contributed by atoms with E-state index < -0.39 is 0 Å². The summed E-state index contributed by atoms with van der Waals surface area (Å²) >= 11 is 1.46. The maximum Gasteiger partial charge on any atom is 0.271 e. The predicted octanol–water partition coefficient (Wildman–Crippen LogP) is 3.44. The van der Waals surface area contributed by atoms with E-state index in [0.717, 1.165) is 23.4 Å². The molecule has 0 saturated heterocycles. The largest absolute Gasteiger partial charge is 0.344 e. The molecule has 3 N–H and O–H groups in total. The number of aromatic nitrogens is 1. The first-order valence-corrected chi connectivity index (χ1v) is 9.26. The standard InChI is InChI=1S/C18H22FN3OS/c19-14-7-5-13(6-8-14)17(12-3-1-2-4-12)22-18(23)15-11-24-16(21-15)9-10-20/h5-8,11-12,17H,1-4,9-10,20H2,(H,22,23). The fraction of sp³-hybridized carbons (Fsp3) is 0.444. The lowest BCUT2D eigenvalue weighted by Crippen LogP contribution is -2.33. The molecule has 1 aliphatic carbocycles. The zero-order chi connectivity index (χ0) is 16.9. The maximum absolute atomic E-state index is 13.2. The second kappa shape index (κ2) is 7.85. The van der Waals surface area contributed by atoms with E-state index in [4.69, 9.17) is 5.73 Å². The van der Waals surface area contributed by atoms with Gasteiger partial charge in [0, 0.05) is 11.8 Å². The molecular weight excluding hydrogens is 325 g/mol. The molecule has 128 valence electrons. The first kappa shape index (κ1) is 17.0. The third-order valence-corrected chi connectivity index (χ3v) is 5.44. The number of amides is 1. The van der Waals surface area contributed by atoms with Crippen molar-refractivity contribution in [1.29, 1.82) is 0 Å². The minimum atomic E-state index is -0.263. The maximum atomic E-state index is 13.2. The number of carbonyl (C=O) groups excluding carboxylic acids is 1. The summed E-state index contributed by atoms with van der Waals surface area (Å²) in [4.78, 5) is 17.0. The van der Waals surface area contributed by atoms with Gasteiger partial charge in [-0.3, -0.25) is 4.79 Å². The van der Waals surface area contributed by atoms with Crippen LogP contribution in [-0.4, -0.2) is 17.4 Å². The molecule has 2 aromatic rings. The number of benzene rings is 1. The van der Waals surface area contributed by atoms with Crippen LogP contribution in [0.4, 0.5) is 4.39 Å². The molecule has 0 spiro atoms. The summed E-state index contributed by atoms with van der Waals surface area (Å²) in [6.45, 7) is 0.523. The topological polar surface area (TPSA) is 68.0 Å². The number of thiazole rings is 1. The molecule has 1 unspecified atom stereocenters. The molecule has 1 aliphatic rings. The van der Waals surface area contributed by atoms with Crippen molar-refractivity contribution >= 4 is 17.2 Å². The molecule has 24 heavy (non-hydrogen) atoms. The van der Waals surface area contributed by atoms with Crippen LogP contribution in [0.3, 0.4) is 0 Å². The highest BCUT2D eigenvalue weighted by atomic mass is 32.1. The predicted molar refractivity (Wildman–Crippen MR) is 93.4 cm³/mol. The van der Waals surface area contributed by atoms with E-state index in [1.807, 2.05) is 0 Å². The van der Waals surface area contributed by atoms with Crippen molar-refractivity contribution in [2.24, 2.45) is 11.7 Å². The molecule has 1 atom stereocenters. The number of rotatable bonds is 6. The second-order valence-electron chi connectivity index (χ2n) is 6.21. The van der Waals surface area contributed by atoms with Crippen molar-refractivity contribution in [3.8, 4) is 0 Å². The van der Waals surface area contributed by atoms with Crippen LogP contribution in [0.2, 0.25) is 0 Å². The second-order valence-corrected chi connectivity index (χ2v) is 7.16. The van der Waals surface area contributed by atoms with Crippen LogP contribution in [0.1, 0.15) is 52.8 Å². The van der Waals surface area contributed by atoms with E-state index in [1.165, 1.54) is 36.3 Å². The van der Waals surface area contributed by atoms with Crippen molar-refractivity contribution in [2.75, 3.05) is 6.54 Å². The van der Waals surface area contributed by atoms with Crippen molar-refractivity contribution in [3.05, 3.63) is 51.7 Å². The molecule has 1 heterocycles.